The summed E-state index contributed by atoms with van der Waals surface area (Å²) < 4.78 is 16.6. The van der Waals surface area contributed by atoms with Gasteiger partial charge in [-0.15, -0.1) is 0 Å². The van der Waals surface area contributed by atoms with E-state index in [2.05, 4.69) is 17.9 Å². The minimum atomic E-state index is 0.531. The second-order valence-electron chi connectivity index (χ2n) is 6.12. The van der Waals surface area contributed by atoms with E-state index in [9.17, 15) is 5.26 Å². The SMILES string of the molecule is CCCCCOc1ccc(OC)c(CC(C#N)=CN2CCOCC2)c1. The van der Waals surface area contributed by atoms with Crippen molar-refractivity contribution >= 4 is 0 Å². The van der Waals surface area contributed by atoms with E-state index >= 15 is 0 Å². The Labute approximate surface area is 150 Å². The normalized spacial score (nSPS) is 14.9. The summed E-state index contributed by atoms with van der Waals surface area (Å²) in [4.78, 5) is 2.14. The average molecular weight is 344 g/mol. The first-order valence-electron chi connectivity index (χ1n) is 8.99. The fraction of sp³-hybridized carbons (Fsp3) is 0.550. The van der Waals surface area contributed by atoms with Crippen LogP contribution in [0, 0.1) is 11.3 Å². The highest BCUT2D eigenvalue weighted by molar-refractivity contribution is 5.44. The van der Waals surface area contributed by atoms with Crippen LogP contribution in [0.5, 0.6) is 11.5 Å². The number of benzene rings is 1. The topological polar surface area (TPSA) is 54.7 Å². The Morgan fingerprint density at radius 2 is 2.12 bits per heavy atom. The predicted octanol–water partition coefficient (Wildman–Crippen LogP) is 3.55. The third-order valence-electron chi connectivity index (χ3n) is 4.18. The molecule has 0 N–H and O–H groups in total. The van der Waals surface area contributed by atoms with Crippen LogP contribution in [0.1, 0.15) is 31.7 Å². The number of nitrogens with zero attached hydrogens (tertiary/aromatic N) is 2. The molecule has 25 heavy (non-hydrogen) atoms. The van der Waals surface area contributed by atoms with Crippen LogP contribution >= 0.6 is 0 Å². The summed E-state index contributed by atoms with van der Waals surface area (Å²) in [6, 6.07) is 8.13. The van der Waals surface area contributed by atoms with Crippen LogP contribution in [-0.4, -0.2) is 44.9 Å². The van der Waals surface area contributed by atoms with Crippen LogP contribution in [0.2, 0.25) is 0 Å². The minimum absolute atomic E-state index is 0.531. The number of hydrogen-bond acceptors (Lipinski definition) is 5. The Morgan fingerprint density at radius 1 is 1.32 bits per heavy atom. The first-order valence-corrected chi connectivity index (χ1v) is 8.99. The number of ether oxygens (including phenoxy) is 3. The molecule has 5 nitrogen and oxygen atoms in total. The molecule has 1 fully saturated rings. The highest BCUT2D eigenvalue weighted by Crippen LogP contribution is 2.26. The lowest BCUT2D eigenvalue weighted by Crippen LogP contribution is -2.32. The van der Waals surface area contributed by atoms with E-state index in [1.54, 1.807) is 7.11 Å². The molecule has 1 saturated heterocycles. The molecule has 2 rings (SSSR count). The quantitative estimate of drug-likeness (QED) is 0.506. The molecule has 0 radical (unpaired) electrons. The monoisotopic (exact) mass is 344 g/mol. The van der Waals surface area contributed by atoms with E-state index in [1.165, 1.54) is 12.8 Å². The summed E-state index contributed by atoms with van der Waals surface area (Å²) in [5, 5.41) is 9.50. The molecule has 1 aliphatic heterocycles. The highest BCUT2D eigenvalue weighted by Gasteiger charge is 2.11. The minimum Gasteiger partial charge on any atom is -0.496 e. The molecular formula is C20H28N2O3. The van der Waals surface area contributed by atoms with Crippen LogP contribution in [0.15, 0.2) is 30.0 Å². The molecule has 1 aromatic rings. The number of methoxy groups -OCH3 is 1. The number of unbranched alkanes of at least 4 members (excludes halogenated alkanes) is 2. The van der Waals surface area contributed by atoms with Crippen molar-refractivity contribution in [3.8, 4) is 17.6 Å². The molecule has 0 saturated carbocycles. The van der Waals surface area contributed by atoms with E-state index in [1.807, 2.05) is 24.4 Å². The zero-order valence-corrected chi connectivity index (χ0v) is 15.3. The molecule has 0 amide bonds. The molecule has 1 heterocycles. The highest BCUT2D eigenvalue weighted by atomic mass is 16.5. The summed E-state index contributed by atoms with van der Waals surface area (Å²) >= 11 is 0. The number of rotatable bonds is 9. The summed E-state index contributed by atoms with van der Waals surface area (Å²) in [7, 11) is 1.65. The molecule has 0 unspecified atom stereocenters. The molecule has 0 bridgehead atoms. The number of hydrogen-bond donors (Lipinski definition) is 0. The van der Waals surface area contributed by atoms with Gasteiger partial charge < -0.3 is 19.1 Å². The first kappa shape index (κ1) is 19.1. The third kappa shape index (κ3) is 6.32. The van der Waals surface area contributed by atoms with Crippen molar-refractivity contribution in [2.75, 3.05) is 40.0 Å². The van der Waals surface area contributed by atoms with E-state index in [4.69, 9.17) is 14.2 Å². The Kier molecular flexibility index (Phi) is 8.14. The van der Waals surface area contributed by atoms with Gasteiger partial charge in [0.2, 0.25) is 0 Å². The van der Waals surface area contributed by atoms with Crippen LogP contribution in [0.4, 0.5) is 0 Å². The molecule has 5 heteroatoms. The molecule has 0 atom stereocenters. The van der Waals surface area contributed by atoms with Gasteiger partial charge in [0, 0.05) is 36.8 Å². The van der Waals surface area contributed by atoms with Crippen LogP contribution in [0.25, 0.3) is 0 Å². The lowest BCUT2D eigenvalue weighted by molar-refractivity contribution is 0.0591. The van der Waals surface area contributed by atoms with Crippen molar-refractivity contribution in [3.05, 3.63) is 35.5 Å². The van der Waals surface area contributed by atoms with Crippen LogP contribution in [-0.2, 0) is 11.2 Å². The zero-order chi connectivity index (χ0) is 17.9. The van der Waals surface area contributed by atoms with Crippen molar-refractivity contribution in [1.29, 1.82) is 5.26 Å². The van der Waals surface area contributed by atoms with Crippen molar-refractivity contribution in [3.63, 3.8) is 0 Å². The lowest BCUT2D eigenvalue weighted by atomic mass is 10.0. The smallest absolute Gasteiger partial charge is 0.122 e. The Hall–Kier alpha value is -2.19. The summed E-state index contributed by atoms with van der Waals surface area (Å²) in [5.74, 6) is 1.61. The predicted molar refractivity (Wildman–Crippen MR) is 97.8 cm³/mol. The van der Waals surface area contributed by atoms with Crippen molar-refractivity contribution in [2.24, 2.45) is 0 Å². The number of morpholine rings is 1. The maximum absolute atomic E-state index is 9.50. The zero-order valence-electron chi connectivity index (χ0n) is 15.3. The van der Waals surface area contributed by atoms with Gasteiger partial charge in [0.1, 0.15) is 11.5 Å². The second kappa shape index (κ2) is 10.6. The molecule has 0 spiro atoms. The Balaban J connectivity index is 2.06. The molecule has 0 aromatic heterocycles. The maximum atomic E-state index is 9.50. The molecular weight excluding hydrogens is 316 g/mol. The molecule has 1 aliphatic rings. The summed E-state index contributed by atoms with van der Waals surface area (Å²) in [6.07, 6.45) is 5.87. The van der Waals surface area contributed by atoms with E-state index < -0.39 is 0 Å². The van der Waals surface area contributed by atoms with Crippen LogP contribution < -0.4 is 9.47 Å². The average Bonchev–Trinajstić information content (AvgIpc) is 2.65. The maximum Gasteiger partial charge on any atom is 0.122 e. The van der Waals surface area contributed by atoms with E-state index in [-0.39, 0.29) is 0 Å². The number of allylic oxidation sites excluding steroid dienone is 1. The fourth-order valence-corrected chi connectivity index (χ4v) is 2.77. The Morgan fingerprint density at radius 3 is 2.80 bits per heavy atom. The lowest BCUT2D eigenvalue weighted by Gasteiger charge is -2.25. The van der Waals surface area contributed by atoms with Crippen molar-refractivity contribution in [2.45, 2.75) is 32.6 Å². The Bertz CT molecular complexity index is 601. The van der Waals surface area contributed by atoms with Gasteiger partial charge in [0.05, 0.1) is 33.0 Å². The van der Waals surface area contributed by atoms with Gasteiger partial charge in [-0.25, -0.2) is 0 Å². The summed E-state index contributed by atoms with van der Waals surface area (Å²) in [5.41, 5.74) is 1.68. The molecule has 0 aliphatic carbocycles. The van der Waals surface area contributed by atoms with Crippen LogP contribution in [0.3, 0.4) is 0 Å². The molecule has 136 valence electrons. The van der Waals surface area contributed by atoms with Gasteiger partial charge in [-0.1, -0.05) is 19.8 Å². The standard InChI is InChI=1S/C20H28N2O3/c1-3-4-5-10-25-19-6-7-20(23-2)18(14-19)13-17(15-21)16-22-8-11-24-12-9-22/h6-7,14,16H,3-5,8-13H2,1-2H3. The van der Waals surface area contributed by atoms with Crippen molar-refractivity contribution < 1.29 is 14.2 Å². The van der Waals surface area contributed by atoms with Gasteiger partial charge in [0.25, 0.3) is 0 Å². The van der Waals surface area contributed by atoms with Gasteiger partial charge in [-0.05, 0) is 24.6 Å². The second-order valence-corrected chi connectivity index (χ2v) is 6.12. The van der Waals surface area contributed by atoms with Gasteiger partial charge in [0.15, 0.2) is 0 Å². The largest absolute Gasteiger partial charge is 0.496 e. The van der Waals surface area contributed by atoms with Gasteiger partial charge >= 0.3 is 0 Å². The molecule has 1 aromatic carbocycles. The van der Waals surface area contributed by atoms with Crippen molar-refractivity contribution in [1.82, 2.24) is 4.90 Å². The fourth-order valence-electron chi connectivity index (χ4n) is 2.77. The van der Waals surface area contributed by atoms with E-state index in [0.717, 1.165) is 36.6 Å². The number of nitriles is 1. The third-order valence-corrected chi connectivity index (χ3v) is 4.18. The van der Waals surface area contributed by atoms with Gasteiger partial charge in [-0.2, -0.15) is 5.26 Å². The summed E-state index contributed by atoms with van der Waals surface area (Å²) in [6.45, 7) is 5.95. The van der Waals surface area contributed by atoms with E-state index in [0.29, 0.717) is 31.8 Å². The van der Waals surface area contributed by atoms with Gasteiger partial charge in [-0.3, -0.25) is 0 Å². The first-order chi connectivity index (χ1) is 12.3.